The van der Waals surface area contributed by atoms with E-state index in [-0.39, 0.29) is 12.4 Å². The second-order valence-electron chi connectivity index (χ2n) is 5.17. The summed E-state index contributed by atoms with van der Waals surface area (Å²) in [6, 6.07) is 11.3. The van der Waals surface area contributed by atoms with Crippen LogP contribution in [-0.2, 0) is 13.2 Å². The lowest BCUT2D eigenvalue weighted by Gasteiger charge is -2.13. The van der Waals surface area contributed by atoms with Crippen molar-refractivity contribution in [2.75, 3.05) is 0 Å². The Hall–Kier alpha value is -1.94. The Labute approximate surface area is 123 Å². The predicted octanol–water partition coefficient (Wildman–Crippen LogP) is 4.04. The summed E-state index contributed by atoms with van der Waals surface area (Å²) in [7, 11) is 0. The normalized spacial score (nSPS) is 10.9. The highest BCUT2D eigenvalue weighted by atomic mass is 19.1. The maximum absolute atomic E-state index is 13.5. The van der Waals surface area contributed by atoms with Gasteiger partial charge in [0.25, 0.3) is 0 Å². The zero-order valence-electron chi connectivity index (χ0n) is 12.2. The highest BCUT2D eigenvalue weighted by molar-refractivity contribution is 5.29. The van der Waals surface area contributed by atoms with Gasteiger partial charge in [-0.05, 0) is 23.3 Å². The number of ether oxygens (including phenoxy) is 1. The highest BCUT2D eigenvalue weighted by Gasteiger charge is 2.07. The molecule has 0 aromatic heterocycles. The maximum Gasteiger partial charge on any atom is 0.165 e. The van der Waals surface area contributed by atoms with Crippen molar-refractivity contribution in [3.05, 3.63) is 65.2 Å². The molecule has 0 atom stereocenters. The van der Waals surface area contributed by atoms with Crippen molar-refractivity contribution in [2.45, 2.75) is 33.0 Å². The second-order valence-corrected chi connectivity index (χ2v) is 5.17. The number of hydrogen-bond acceptors (Lipinski definition) is 2. The molecule has 0 saturated heterocycles. The Morgan fingerprint density at radius 2 is 1.76 bits per heavy atom. The molecule has 2 nitrogen and oxygen atoms in total. The van der Waals surface area contributed by atoms with Crippen LogP contribution in [-0.4, -0.2) is 6.04 Å². The molecule has 0 unspecified atom stereocenters. The molecule has 0 fully saturated rings. The lowest BCUT2D eigenvalue weighted by atomic mass is 10.1. The third-order valence-electron chi connectivity index (χ3n) is 3.10. The largest absolute Gasteiger partial charge is 0.486 e. The van der Waals surface area contributed by atoms with Crippen molar-refractivity contribution in [1.82, 2.24) is 5.32 Å². The van der Waals surface area contributed by atoms with Crippen molar-refractivity contribution in [3.63, 3.8) is 0 Å². The molecule has 0 amide bonds. The van der Waals surface area contributed by atoms with Crippen LogP contribution in [0.3, 0.4) is 0 Å². The van der Waals surface area contributed by atoms with Crippen LogP contribution < -0.4 is 10.1 Å². The molecule has 2 aromatic rings. The minimum absolute atomic E-state index is 0.0679. The van der Waals surface area contributed by atoms with Crippen LogP contribution in [0.4, 0.5) is 8.78 Å². The van der Waals surface area contributed by atoms with Crippen molar-refractivity contribution in [1.29, 1.82) is 0 Å². The molecule has 0 aliphatic carbocycles. The monoisotopic (exact) mass is 291 g/mol. The quantitative estimate of drug-likeness (QED) is 0.867. The third-order valence-corrected chi connectivity index (χ3v) is 3.10. The molecule has 2 rings (SSSR count). The third kappa shape index (κ3) is 4.53. The van der Waals surface area contributed by atoms with E-state index in [2.05, 4.69) is 19.2 Å². The smallest absolute Gasteiger partial charge is 0.165 e. The van der Waals surface area contributed by atoms with Gasteiger partial charge >= 0.3 is 0 Å². The average Bonchev–Trinajstić information content (AvgIpc) is 2.47. The second kappa shape index (κ2) is 7.18. The molecule has 4 heteroatoms. The number of hydrogen-bond donors (Lipinski definition) is 1. The zero-order valence-corrected chi connectivity index (χ0v) is 12.2. The molecule has 21 heavy (non-hydrogen) atoms. The molecular formula is C17H19F2NO. The molecule has 0 heterocycles. The van der Waals surface area contributed by atoms with Crippen LogP contribution in [0.25, 0.3) is 0 Å². The number of nitrogens with one attached hydrogen (secondary N) is 1. The van der Waals surface area contributed by atoms with Crippen LogP contribution in [0.1, 0.15) is 25.0 Å². The Morgan fingerprint density at radius 3 is 2.48 bits per heavy atom. The SMILES string of the molecule is CC(C)NCc1ccccc1COc1cc(F)ccc1F. The van der Waals surface area contributed by atoms with Gasteiger partial charge in [0, 0.05) is 18.7 Å². The molecule has 2 aromatic carbocycles. The molecule has 0 radical (unpaired) electrons. The molecule has 0 spiro atoms. The summed E-state index contributed by atoms with van der Waals surface area (Å²) in [5, 5.41) is 3.33. The minimum atomic E-state index is -0.561. The Bertz CT molecular complexity index is 599. The van der Waals surface area contributed by atoms with Gasteiger partial charge in [-0.15, -0.1) is 0 Å². The molecule has 0 aliphatic heterocycles. The van der Waals surface area contributed by atoms with Crippen LogP contribution in [0.2, 0.25) is 0 Å². The Morgan fingerprint density at radius 1 is 1.05 bits per heavy atom. The maximum atomic E-state index is 13.5. The summed E-state index contributed by atoms with van der Waals surface area (Å²) < 4.78 is 32.0. The summed E-state index contributed by atoms with van der Waals surface area (Å²) >= 11 is 0. The van der Waals surface area contributed by atoms with Gasteiger partial charge in [-0.2, -0.15) is 0 Å². The highest BCUT2D eigenvalue weighted by Crippen LogP contribution is 2.20. The van der Waals surface area contributed by atoms with E-state index in [0.717, 1.165) is 29.3 Å². The standard InChI is InChI=1S/C17H19F2NO/c1-12(2)20-10-13-5-3-4-6-14(13)11-21-17-9-15(18)7-8-16(17)19/h3-9,12,20H,10-11H2,1-2H3. The zero-order chi connectivity index (χ0) is 15.2. The van der Waals surface area contributed by atoms with Crippen LogP contribution in [0, 0.1) is 11.6 Å². The summed E-state index contributed by atoms with van der Waals surface area (Å²) in [6.07, 6.45) is 0. The Kier molecular flexibility index (Phi) is 5.28. The molecule has 0 bridgehead atoms. The van der Waals surface area contributed by atoms with E-state index in [4.69, 9.17) is 4.74 Å². The van der Waals surface area contributed by atoms with Gasteiger partial charge in [0.1, 0.15) is 12.4 Å². The number of rotatable bonds is 6. The minimum Gasteiger partial charge on any atom is -0.486 e. The first kappa shape index (κ1) is 15.4. The van der Waals surface area contributed by atoms with Gasteiger partial charge in [0.15, 0.2) is 11.6 Å². The molecular weight excluding hydrogens is 272 g/mol. The fourth-order valence-electron chi connectivity index (χ4n) is 1.93. The number of halogens is 2. The molecule has 1 N–H and O–H groups in total. The summed E-state index contributed by atoms with van der Waals surface area (Å²) in [5.74, 6) is -1.14. The summed E-state index contributed by atoms with van der Waals surface area (Å²) in [4.78, 5) is 0. The van der Waals surface area contributed by atoms with Crippen LogP contribution in [0.5, 0.6) is 5.75 Å². The first-order valence-corrected chi connectivity index (χ1v) is 6.94. The van der Waals surface area contributed by atoms with E-state index < -0.39 is 11.6 Å². The van der Waals surface area contributed by atoms with Gasteiger partial charge in [0.05, 0.1) is 0 Å². The fraction of sp³-hybridized carbons (Fsp3) is 0.294. The first-order chi connectivity index (χ1) is 10.1. The van der Waals surface area contributed by atoms with Gasteiger partial charge in [-0.3, -0.25) is 0 Å². The molecule has 0 aliphatic rings. The van der Waals surface area contributed by atoms with E-state index in [1.54, 1.807) is 0 Å². The topological polar surface area (TPSA) is 21.3 Å². The lowest BCUT2D eigenvalue weighted by Crippen LogP contribution is -2.22. The first-order valence-electron chi connectivity index (χ1n) is 6.94. The number of benzene rings is 2. The predicted molar refractivity (Wildman–Crippen MR) is 79.1 cm³/mol. The van der Waals surface area contributed by atoms with Crippen molar-refractivity contribution < 1.29 is 13.5 Å². The van der Waals surface area contributed by atoms with Crippen LogP contribution >= 0.6 is 0 Å². The van der Waals surface area contributed by atoms with Gasteiger partial charge in [0.2, 0.25) is 0 Å². The van der Waals surface area contributed by atoms with Gasteiger partial charge in [-0.25, -0.2) is 8.78 Å². The van der Waals surface area contributed by atoms with Crippen molar-refractivity contribution in [2.24, 2.45) is 0 Å². The van der Waals surface area contributed by atoms with E-state index in [9.17, 15) is 8.78 Å². The van der Waals surface area contributed by atoms with Crippen molar-refractivity contribution >= 4 is 0 Å². The van der Waals surface area contributed by atoms with E-state index in [1.807, 2.05) is 24.3 Å². The van der Waals surface area contributed by atoms with Crippen LogP contribution in [0.15, 0.2) is 42.5 Å². The van der Waals surface area contributed by atoms with E-state index in [0.29, 0.717) is 12.6 Å². The fourth-order valence-corrected chi connectivity index (χ4v) is 1.93. The van der Waals surface area contributed by atoms with Crippen molar-refractivity contribution in [3.8, 4) is 5.75 Å². The van der Waals surface area contributed by atoms with Gasteiger partial charge < -0.3 is 10.1 Å². The lowest BCUT2D eigenvalue weighted by molar-refractivity contribution is 0.287. The molecule has 0 saturated carbocycles. The summed E-state index contributed by atoms with van der Waals surface area (Å²) in [5.41, 5.74) is 2.04. The molecule has 112 valence electrons. The van der Waals surface area contributed by atoms with E-state index >= 15 is 0 Å². The summed E-state index contributed by atoms with van der Waals surface area (Å²) in [6.45, 7) is 5.06. The Balaban J connectivity index is 2.07. The van der Waals surface area contributed by atoms with E-state index in [1.165, 1.54) is 0 Å². The van der Waals surface area contributed by atoms with Gasteiger partial charge in [-0.1, -0.05) is 38.1 Å². The average molecular weight is 291 g/mol.